The first-order chi connectivity index (χ1) is 29.0. The van der Waals surface area contributed by atoms with Crippen molar-refractivity contribution in [1.29, 1.82) is 0 Å². The third kappa shape index (κ3) is 12.2. The lowest BCUT2D eigenvalue weighted by Gasteiger charge is -2.35. The van der Waals surface area contributed by atoms with Crippen LogP contribution in [0.15, 0.2) is 84.9 Å². The van der Waals surface area contributed by atoms with Crippen LogP contribution in [0.5, 0.6) is 5.75 Å². The number of methoxy groups -OCH3 is 1. The van der Waals surface area contributed by atoms with Gasteiger partial charge in [-0.05, 0) is 48.4 Å². The molecule has 1 saturated heterocycles. The maximum absolute atomic E-state index is 14.8. The normalized spacial score (nSPS) is 18.0. The number of rotatable bonds is 20. The number of benzene rings is 3. The summed E-state index contributed by atoms with van der Waals surface area (Å²) in [5.74, 6) is -5.07. The summed E-state index contributed by atoms with van der Waals surface area (Å²) in [5, 5.41) is 10.5. The van der Waals surface area contributed by atoms with Gasteiger partial charge in [-0.25, -0.2) is 0 Å². The number of primary amides is 1. The molecule has 15 nitrogen and oxygen atoms in total. The van der Waals surface area contributed by atoms with Gasteiger partial charge in [-0.15, -0.1) is 0 Å². The molecule has 6 N–H and O–H groups in total. The molecule has 3 aromatic rings. The van der Waals surface area contributed by atoms with Crippen molar-refractivity contribution in [2.75, 3.05) is 20.2 Å². The Labute approximate surface area is 350 Å². The highest BCUT2D eigenvalue weighted by molar-refractivity contribution is 6.38. The Hall–Kier alpha value is -6.09. The van der Waals surface area contributed by atoms with Gasteiger partial charge in [0.2, 0.25) is 29.4 Å². The molecule has 15 heteroatoms. The molecular weight excluding hydrogens is 769 g/mol. The smallest absolute Gasteiger partial charge is 0.290 e. The molecule has 5 atom stereocenters. The molecular formula is C45H56N6O9. The number of para-hydroxylation sites is 1. The van der Waals surface area contributed by atoms with E-state index >= 15 is 0 Å². The van der Waals surface area contributed by atoms with Gasteiger partial charge in [0.1, 0.15) is 23.9 Å². The first-order valence-electron chi connectivity index (χ1n) is 20.7. The number of hydrogen-bond acceptors (Lipinski definition) is 9. The third-order valence-corrected chi connectivity index (χ3v) is 11.0. The fourth-order valence-electron chi connectivity index (χ4n) is 7.80. The fraction of sp³-hybridized carbons (Fsp3) is 0.444. The van der Waals surface area contributed by atoms with Gasteiger partial charge in [-0.1, -0.05) is 112 Å². The Kier molecular flexibility index (Phi) is 16.7. The monoisotopic (exact) mass is 824 g/mol. The molecule has 0 spiro atoms. The van der Waals surface area contributed by atoms with Crippen LogP contribution in [0.2, 0.25) is 0 Å². The van der Waals surface area contributed by atoms with Crippen LogP contribution in [0.3, 0.4) is 0 Å². The lowest BCUT2D eigenvalue weighted by atomic mass is 9.83. The van der Waals surface area contributed by atoms with Gasteiger partial charge >= 0.3 is 0 Å². The van der Waals surface area contributed by atoms with Crippen molar-refractivity contribution in [2.45, 2.75) is 102 Å². The van der Waals surface area contributed by atoms with Crippen LogP contribution in [0, 0.1) is 5.92 Å². The molecule has 0 radical (unpaired) electrons. The van der Waals surface area contributed by atoms with E-state index < -0.39 is 78.0 Å². The van der Waals surface area contributed by atoms with E-state index in [4.69, 9.17) is 15.2 Å². The number of nitrogens with zero attached hydrogens (tertiary/aromatic N) is 1. The summed E-state index contributed by atoms with van der Waals surface area (Å²) < 4.78 is 11.7. The minimum atomic E-state index is -1.27. The molecule has 1 heterocycles. The predicted octanol–water partition coefficient (Wildman–Crippen LogP) is 3.26. The van der Waals surface area contributed by atoms with Gasteiger partial charge < -0.3 is 41.4 Å². The van der Waals surface area contributed by atoms with Gasteiger partial charge in [0.15, 0.2) is 0 Å². The molecule has 2 aliphatic rings. The van der Waals surface area contributed by atoms with Crippen molar-refractivity contribution in [2.24, 2.45) is 11.7 Å². The lowest BCUT2D eigenvalue weighted by Crippen LogP contribution is -2.58. The molecule has 320 valence electrons. The van der Waals surface area contributed by atoms with E-state index in [0.717, 1.165) is 24.8 Å². The molecule has 1 saturated carbocycles. The number of hydrogen-bond donors (Lipinski definition) is 5. The summed E-state index contributed by atoms with van der Waals surface area (Å²) >= 11 is 0. The quantitative estimate of drug-likeness (QED) is 0.106. The van der Waals surface area contributed by atoms with E-state index in [1.54, 1.807) is 54.6 Å². The van der Waals surface area contributed by atoms with Crippen molar-refractivity contribution in [3.8, 4) is 5.75 Å². The number of unbranched alkanes of at least 4 members (excludes halogenated alkanes) is 1. The number of Topliss-reactive ketones (excluding diaryl/α,β-unsaturated/α-hetero) is 1. The summed E-state index contributed by atoms with van der Waals surface area (Å²) in [7, 11) is 1.46. The van der Waals surface area contributed by atoms with Gasteiger partial charge in [0, 0.05) is 13.0 Å². The van der Waals surface area contributed by atoms with Crippen LogP contribution in [0.4, 0.5) is 0 Å². The van der Waals surface area contributed by atoms with E-state index in [1.807, 2.05) is 37.3 Å². The first kappa shape index (κ1) is 45.0. The van der Waals surface area contributed by atoms with Gasteiger partial charge in [0.25, 0.3) is 11.8 Å². The minimum absolute atomic E-state index is 0.0515. The van der Waals surface area contributed by atoms with Crippen LogP contribution >= 0.6 is 0 Å². The van der Waals surface area contributed by atoms with Crippen LogP contribution in [0.1, 0.15) is 92.2 Å². The highest BCUT2D eigenvalue weighted by atomic mass is 16.5. The number of carbonyl (C=O) groups excluding carboxylic acids is 7. The average molecular weight is 825 g/mol. The average Bonchev–Trinajstić information content (AvgIpc) is 3.72. The summed E-state index contributed by atoms with van der Waals surface area (Å²) in [5.41, 5.74) is 7.12. The Morgan fingerprint density at radius 2 is 1.50 bits per heavy atom. The highest BCUT2D eigenvalue weighted by Crippen LogP contribution is 2.31. The summed E-state index contributed by atoms with van der Waals surface area (Å²) in [6.07, 6.45) is 4.98. The van der Waals surface area contributed by atoms with E-state index in [1.165, 1.54) is 12.0 Å². The second-order valence-corrected chi connectivity index (χ2v) is 15.3. The number of amides is 6. The van der Waals surface area contributed by atoms with E-state index in [-0.39, 0.29) is 37.5 Å². The zero-order valence-corrected chi connectivity index (χ0v) is 34.2. The fourth-order valence-corrected chi connectivity index (χ4v) is 7.80. The zero-order valence-electron chi connectivity index (χ0n) is 34.2. The molecule has 0 aromatic heterocycles. The standard InChI is InChI=1S/C45H56N6O9/c1-3-4-23-34(40(53)44(57)47-26-37(52)49-38(41(46)54)30-18-10-6-11-19-30)48-43(56)35-25-32(60-28-29-16-8-5-9-17-29)27-51(35)45(58)39(31-20-12-7-13-21-31)50-42(55)33-22-14-15-24-36(33)59-2/h5-6,8-11,14-19,22,24,31-32,34-35,38-39H,3-4,7,12-13,20-21,23,25-28H2,1-2H3,(H2,46,54)(H,47,57)(H,48,56)(H,49,52)(H,50,55). The molecule has 60 heavy (non-hydrogen) atoms. The van der Waals surface area contributed by atoms with Crippen molar-refractivity contribution >= 4 is 41.2 Å². The SMILES string of the molecule is CCCCC(NC(=O)C1CC(OCc2ccccc2)CN1C(=O)C(NC(=O)c1ccccc1OC)C1CCCCC1)C(=O)C(=O)NCC(=O)NC(C(N)=O)c1ccccc1. The highest BCUT2D eigenvalue weighted by Gasteiger charge is 2.45. The second-order valence-electron chi connectivity index (χ2n) is 15.3. The topological polar surface area (TPSA) is 215 Å². The zero-order chi connectivity index (χ0) is 43.0. The van der Waals surface area contributed by atoms with Crippen molar-refractivity contribution < 1.29 is 43.0 Å². The molecule has 1 aliphatic heterocycles. The first-order valence-corrected chi connectivity index (χ1v) is 20.7. The summed E-state index contributed by atoms with van der Waals surface area (Å²) in [6, 6.07) is 20.1. The Bertz CT molecular complexity index is 1960. The van der Waals surface area contributed by atoms with Gasteiger partial charge in [0.05, 0.1) is 38.0 Å². The number of ether oxygens (including phenoxy) is 2. The Morgan fingerprint density at radius 3 is 2.17 bits per heavy atom. The van der Waals surface area contributed by atoms with Gasteiger partial charge in [-0.3, -0.25) is 33.6 Å². The van der Waals surface area contributed by atoms with Crippen molar-refractivity contribution in [3.05, 3.63) is 102 Å². The van der Waals surface area contributed by atoms with E-state index in [2.05, 4.69) is 21.3 Å². The number of likely N-dealkylation sites (tertiary alicyclic amines) is 1. The minimum Gasteiger partial charge on any atom is -0.496 e. The number of nitrogens with one attached hydrogen (secondary N) is 4. The number of nitrogens with two attached hydrogens (primary N) is 1. The number of carbonyl (C=O) groups is 7. The molecule has 5 rings (SSSR count). The molecule has 1 aliphatic carbocycles. The van der Waals surface area contributed by atoms with E-state index in [0.29, 0.717) is 37.0 Å². The van der Waals surface area contributed by atoms with Crippen molar-refractivity contribution in [1.82, 2.24) is 26.2 Å². The summed E-state index contributed by atoms with van der Waals surface area (Å²) in [6.45, 7) is 1.54. The third-order valence-electron chi connectivity index (χ3n) is 11.0. The molecule has 5 unspecified atom stereocenters. The summed E-state index contributed by atoms with van der Waals surface area (Å²) in [4.78, 5) is 96.0. The number of ketones is 1. The Morgan fingerprint density at radius 1 is 0.833 bits per heavy atom. The lowest BCUT2D eigenvalue weighted by molar-refractivity contribution is -0.143. The van der Waals surface area contributed by atoms with Crippen molar-refractivity contribution in [3.63, 3.8) is 0 Å². The van der Waals surface area contributed by atoms with Crippen LogP contribution in [0.25, 0.3) is 0 Å². The van der Waals surface area contributed by atoms with Crippen LogP contribution in [-0.2, 0) is 40.1 Å². The largest absolute Gasteiger partial charge is 0.496 e. The molecule has 6 amide bonds. The van der Waals surface area contributed by atoms with Gasteiger partial charge in [-0.2, -0.15) is 0 Å². The molecule has 3 aromatic carbocycles. The maximum atomic E-state index is 14.8. The Balaban J connectivity index is 1.33. The predicted molar refractivity (Wildman–Crippen MR) is 222 cm³/mol. The van der Waals surface area contributed by atoms with E-state index in [9.17, 15) is 33.6 Å². The maximum Gasteiger partial charge on any atom is 0.290 e. The van der Waals surface area contributed by atoms with Crippen LogP contribution in [-0.4, -0.2) is 90.6 Å². The van der Waals surface area contributed by atoms with Crippen LogP contribution < -0.4 is 31.7 Å². The molecule has 2 fully saturated rings. The second kappa shape index (κ2) is 22.3. The molecule has 0 bridgehead atoms.